The van der Waals surface area contributed by atoms with Crippen LogP contribution in [-0.2, 0) is 10.0 Å². The van der Waals surface area contributed by atoms with E-state index in [1.807, 2.05) is 0 Å². The van der Waals surface area contributed by atoms with Crippen LogP contribution >= 0.6 is 11.6 Å². The minimum Gasteiger partial charge on any atom is -0.508 e. The van der Waals surface area contributed by atoms with Crippen molar-refractivity contribution in [3.05, 3.63) is 47.2 Å². The number of anilines is 1. The number of rotatable bonds is 3. The smallest absolute Gasteiger partial charge is 0.264 e. The molecular formula is C12H11ClN2O3S. The van der Waals surface area contributed by atoms with Crippen LogP contribution in [0.15, 0.2) is 41.6 Å². The molecule has 5 nitrogen and oxygen atoms in total. The first-order valence-corrected chi connectivity index (χ1v) is 7.18. The molecule has 0 spiro atoms. The van der Waals surface area contributed by atoms with Gasteiger partial charge in [-0.3, -0.25) is 9.71 Å². The lowest BCUT2D eigenvalue weighted by atomic mass is 10.2. The third-order valence-corrected chi connectivity index (χ3v) is 4.31. The summed E-state index contributed by atoms with van der Waals surface area (Å²) in [4.78, 5) is 3.65. The number of nitrogens with one attached hydrogen (secondary N) is 1. The molecule has 100 valence electrons. The van der Waals surface area contributed by atoms with Gasteiger partial charge in [0, 0.05) is 12.4 Å². The highest BCUT2D eigenvalue weighted by atomic mass is 35.5. The average Bonchev–Trinajstić information content (AvgIpc) is 2.33. The van der Waals surface area contributed by atoms with Gasteiger partial charge >= 0.3 is 0 Å². The SMILES string of the molecule is Cc1cc(O)ccc1NS(=O)(=O)c1cnccc1Cl. The molecule has 0 bridgehead atoms. The van der Waals surface area contributed by atoms with E-state index in [9.17, 15) is 13.5 Å². The van der Waals surface area contributed by atoms with Crippen LogP contribution < -0.4 is 4.72 Å². The van der Waals surface area contributed by atoms with Gasteiger partial charge in [0.15, 0.2) is 0 Å². The Morgan fingerprint density at radius 1 is 1.32 bits per heavy atom. The Labute approximate surface area is 115 Å². The quantitative estimate of drug-likeness (QED) is 0.854. The van der Waals surface area contributed by atoms with E-state index < -0.39 is 10.0 Å². The molecule has 2 N–H and O–H groups in total. The lowest BCUT2D eigenvalue weighted by molar-refractivity contribution is 0.475. The molecule has 19 heavy (non-hydrogen) atoms. The van der Waals surface area contributed by atoms with Crippen molar-refractivity contribution in [3.8, 4) is 5.75 Å². The molecule has 1 aromatic carbocycles. The summed E-state index contributed by atoms with van der Waals surface area (Å²) in [6, 6.07) is 5.74. The number of halogens is 1. The molecule has 0 unspecified atom stereocenters. The first kappa shape index (κ1) is 13.6. The molecule has 0 aliphatic rings. The van der Waals surface area contributed by atoms with Crippen molar-refractivity contribution in [2.75, 3.05) is 4.72 Å². The number of hydrogen-bond acceptors (Lipinski definition) is 4. The molecule has 1 heterocycles. The van der Waals surface area contributed by atoms with Crippen molar-refractivity contribution < 1.29 is 13.5 Å². The van der Waals surface area contributed by atoms with Gasteiger partial charge in [0.2, 0.25) is 0 Å². The van der Waals surface area contributed by atoms with Crippen LogP contribution in [0, 0.1) is 6.92 Å². The van der Waals surface area contributed by atoms with Crippen molar-refractivity contribution in [1.29, 1.82) is 0 Å². The summed E-state index contributed by atoms with van der Waals surface area (Å²) in [5.41, 5.74) is 0.973. The largest absolute Gasteiger partial charge is 0.508 e. The Kier molecular flexibility index (Phi) is 3.64. The highest BCUT2D eigenvalue weighted by molar-refractivity contribution is 7.92. The first-order valence-electron chi connectivity index (χ1n) is 5.32. The molecule has 0 saturated heterocycles. The monoisotopic (exact) mass is 298 g/mol. The molecule has 2 rings (SSSR count). The van der Waals surface area contributed by atoms with Gasteiger partial charge in [-0.25, -0.2) is 8.42 Å². The summed E-state index contributed by atoms with van der Waals surface area (Å²) < 4.78 is 26.7. The summed E-state index contributed by atoms with van der Waals surface area (Å²) in [6.45, 7) is 1.68. The maximum Gasteiger partial charge on any atom is 0.264 e. The normalized spacial score (nSPS) is 11.3. The number of phenols is 1. The van der Waals surface area contributed by atoms with Gasteiger partial charge in [0.1, 0.15) is 10.6 Å². The second-order valence-electron chi connectivity index (χ2n) is 3.91. The van der Waals surface area contributed by atoms with Crippen molar-refractivity contribution in [2.24, 2.45) is 0 Å². The Bertz CT molecular complexity index is 717. The van der Waals surface area contributed by atoms with Crippen LogP contribution in [-0.4, -0.2) is 18.5 Å². The summed E-state index contributed by atoms with van der Waals surface area (Å²) in [5.74, 6) is 0.0693. The third kappa shape index (κ3) is 2.97. The average molecular weight is 299 g/mol. The molecule has 2 aromatic rings. The van der Waals surface area contributed by atoms with Crippen LogP contribution in [0.1, 0.15) is 5.56 Å². The number of benzene rings is 1. The van der Waals surface area contributed by atoms with Gasteiger partial charge < -0.3 is 5.11 Å². The predicted molar refractivity (Wildman–Crippen MR) is 72.9 cm³/mol. The second kappa shape index (κ2) is 5.07. The molecule has 0 fully saturated rings. The maximum atomic E-state index is 12.2. The number of hydrogen-bond donors (Lipinski definition) is 2. The van der Waals surface area contributed by atoms with E-state index in [0.717, 1.165) is 0 Å². The van der Waals surface area contributed by atoms with E-state index in [1.54, 1.807) is 6.92 Å². The van der Waals surface area contributed by atoms with Gasteiger partial charge in [-0.15, -0.1) is 0 Å². The number of aromatic nitrogens is 1. The fourth-order valence-electron chi connectivity index (χ4n) is 1.52. The van der Waals surface area contributed by atoms with E-state index in [2.05, 4.69) is 9.71 Å². The highest BCUT2D eigenvalue weighted by Crippen LogP contribution is 2.25. The van der Waals surface area contributed by atoms with Gasteiger partial charge in [-0.2, -0.15) is 0 Å². The fraction of sp³-hybridized carbons (Fsp3) is 0.0833. The highest BCUT2D eigenvalue weighted by Gasteiger charge is 2.18. The summed E-state index contributed by atoms with van der Waals surface area (Å²) in [6.07, 6.45) is 2.59. The lowest BCUT2D eigenvalue weighted by Gasteiger charge is -2.11. The first-order chi connectivity index (χ1) is 8.90. The number of aryl methyl sites for hydroxylation is 1. The lowest BCUT2D eigenvalue weighted by Crippen LogP contribution is -2.14. The minimum absolute atomic E-state index is 0.0693. The van der Waals surface area contributed by atoms with Gasteiger partial charge in [-0.1, -0.05) is 11.6 Å². The molecule has 0 amide bonds. The Balaban J connectivity index is 2.40. The molecule has 7 heteroatoms. The Morgan fingerprint density at radius 3 is 2.68 bits per heavy atom. The summed E-state index contributed by atoms with van der Waals surface area (Å²) in [7, 11) is -3.81. The molecule has 0 aliphatic carbocycles. The molecular weight excluding hydrogens is 288 g/mol. The molecule has 0 aliphatic heterocycles. The summed E-state index contributed by atoms with van der Waals surface area (Å²) >= 11 is 5.84. The van der Waals surface area contributed by atoms with Gasteiger partial charge in [-0.05, 0) is 36.8 Å². The van der Waals surface area contributed by atoms with E-state index in [4.69, 9.17) is 11.6 Å². The van der Waals surface area contributed by atoms with Crippen molar-refractivity contribution >= 4 is 27.3 Å². The zero-order valence-electron chi connectivity index (χ0n) is 9.96. The zero-order chi connectivity index (χ0) is 14.0. The topological polar surface area (TPSA) is 79.3 Å². The van der Waals surface area contributed by atoms with Crippen molar-refractivity contribution in [3.63, 3.8) is 0 Å². The number of nitrogens with zero attached hydrogens (tertiary/aromatic N) is 1. The van der Waals surface area contributed by atoms with Crippen LogP contribution in [0.3, 0.4) is 0 Å². The number of aromatic hydroxyl groups is 1. The predicted octanol–water partition coefficient (Wildman–Crippen LogP) is 2.55. The van der Waals surface area contributed by atoms with E-state index in [1.165, 1.54) is 36.7 Å². The Morgan fingerprint density at radius 2 is 2.05 bits per heavy atom. The van der Waals surface area contributed by atoms with Crippen molar-refractivity contribution in [2.45, 2.75) is 11.8 Å². The standard InChI is InChI=1S/C12H11ClN2O3S/c1-8-6-9(16)2-3-11(8)15-19(17,18)12-7-14-5-4-10(12)13/h2-7,15-16H,1H3. The van der Waals surface area contributed by atoms with Crippen LogP contribution in [0.25, 0.3) is 0 Å². The minimum atomic E-state index is -3.81. The molecule has 0 radical (unpaired) electrons. The van der Waals surface area contributed by atoms with Gasteiger partial charge in [0.05, 0.1) is 10.7 Å². The summed E-state index contributed by atoms with van der Waals surface area (Å²) in [5, 5.41) is 9.38. The van der Waals surface area contributed by atoms with Crippen molar-refractivity contribution in [1.82, 2.24) is 4.98 Å². The molecule has 1 aromatic heterocycles. The van der Waals surface area contributed by atoms with Gasteiger partial charge in [0.25, 0.3) is 10.0 Å². The van der Waals surface area contributed by atoms with Crippen LogP contribution in [0.2, 0.25) is 5.02 Å². The van der Waals surface area contributed by atoms with E-state index in [0.29, 0.717) is 11.3 Å². The molecule has 0 saturated carbocycles. The third-order valence-electron chi connectivity index (χ3n) is 2.48. The number of phenolic OH excluding ortho intramolecular Hbond substituents is 1. The Hall–Kier alpha value is -1.79. The number of pyridine rings is 1. The van der Waals surface area contributed by atoms with E-state index >= 15 is 0 Å². The van der Waals surface area contributed by atoms with Crippen LogP contribution in [0.5, 0.6) is 5.75 Å². The van der Waals surface area contributed by atoms with E-state index in [-0.39, 0.29) is 15.7 Å². The second-order valence-corrected chi connectivity index (χ2v) is 5.97. The zero-order valence-corrected chi connectivity index (χ0v) is 11.5. The van der Waals surface area contributed by atoms with Crippen LogP contribution in [0.4, 0.5) is 5.69 Å². The molecule has 0 atom stereocenters. The fourth-order valence-corrected chi connectivity index (χ4v) is 3.09. The maximum absolute atomic E-state index is 12.2. The number of sulfonamides is 1.